The maximum Gasteiger partial charge on any atom is 0.416 e. The highest BCUT2D eigenvalue weighted by molar-refractivity contribution is 7.98. The maximum absolute atomic E-state index is 13.6. The van der Waals surface area contributed by atoms with Crippen LogP contribution in [-0.4, -0.2) is 29.2 Å². The number of rotatable bonds is 5. The van der Waals surface area contributed by atoms with Gasteiger partial charge in [-0.2, -0.15) is 26.3 Å². The van der Waals surface area contributed by atoms with E-state index in [4.69, 9.17) is 0 Å². The molecule has 0 unspecified atom stereocenters. The predicted molar refractivity (Wildman–Crippen MR) is 127 cm³/mol. The highest BCUT2D eigenvalue weighted by atomic mass is 32.2. The van der Waals surface area contributed by atoms with Crippen LogP contribution in [-0.2, 0) is 22.6 Å². The van der Waals surface area contributed by atoms with Gasteiger partial charge in [0.25, 0.3) is 0 Å². The molecule has 1 heterocycles. The minimum Gasteiger partial charge on any atom is -0.311 e. The van der Waals surface area contributed by atoms with Gasteiger partial charge in [0, 0.05) is 12.6 Å². The maximum atomic E-state index is 13.6. The van der Waals surface area contributed by atoms with Crippen LogP contribution in [0.2, 0.25) is 0 Å². The molecule has 0 aliphatic heterocycles. The molecular formula is C25H23F6N3OS. The molecule has 0 bridgehead atoms. The van der Waals surface area contributed by atoms with Crippen molar-refractivity contribution in [3.8, 4) is 11.3 Å². The summed E-state index contributed by atoms with van der Waals surface area (Å²) in [5.74, 6) is -0.731. The third kappa shape index (κ3) is 5.50. The number of aryl methyl sites for hydroxylation is 1. The summed E-state index contributed by atoms with van der Waals surface area (Å²) in [6.07, 6.45) is -6.86. The number of halogens is 6. The summed E-state index contributed by atoms with van der Waals surface area (Å²) >= 11 is 1.28. The van der Waals surface area contributed by atoms with Crippen molar-refractivity contribution in [2.24, 2.45) is 0 Å². The van der Waals surface area contributed by atoms with E-state index in [-0.39, 0.29) is 11.8 Å². The number of amides is 1. The van der Waals surface area contributed by atoms with Gasteiger partial charge >= 0.3 is 12.4 Å². The Morgan fingerprint density at radius 2 is 1.44 bits per heavy atom. The Morgan fingerprint density at radius 1 is 0.917 bits per heavy atom. The van der Waals surface area contributed by atoms with Crippen molar-refractivity contribution in [3.05, 3.63) is 70.9 Å². The molecule has 36 heavy (non-hydrogen) atoms. The van der Waals surface area contributed by atoms with Gasteiger partial charge in [0.15, 0.2) is 5.16 Å². The number of carbonyl (C=O) groups is 1. The first kappa shape index (κ1) is 27.5. The van der Waals surface area contributed by atoms with Crippen molar-refractivity contribution in [1.29, 1.82) is 0 Å². The summed E-state index contributed by atoms with van der Waals surface area (Å²) in [7, 11) is 1.39. The van der Waals surface area contributed by atoms with Gasteiger partial charge in [0.05, 0.1) is 34.1 Å². The van der Waals surface area contributed by atoms with Crippen molar-refractivity contribution in [2.75, 3.05) is 18.2 Å². The average Bonchev–Trinajstić information content (AvgIpc) is 2.81. The highest BCUT2D eigenvalue weighted by Crippen LogP contribution is 2.40. The molecule has 1 aromatic heterocycles. The fourth-order valence-electron chi connectivity index (χ4n) is 3.71. The normalized spacial score (nSPS) is 12.5. The van der Waals surface area contributed by atoms with Crippen molar-refractivity contribution < 1.29 is 31.1 Å². The summed E-state index contributed by atoms with van der Waals surface area (Å²) in [5, 5.41) is 0.435. The SMILES string of the molecule is CSc1ncc(N(C)C(=O)C(C)(C)c2cc(C(F)(F)F)cc(C(F)(F)F)c2)c(-c2ccccc2C)n1. The largest absolute Gasteiger partial charge is 0.416 e. The first-order valence-electron chi connectivity index (χ1n) is 10.6. The Bertz CT molecular complexity index is 1260. The molecule has 2 aromatic carbocycles. The first-order chi connectivity index (χ1) is 16.6. The van der Waals surface area contributed by atoms with Gasteiger partial charge in [-0.1, -0.05) is 36.0 Å². The van der Waals surface area contributed by atoms with Gasteiger partial charge < -0.3 is 4.90 Å². The quantitative estimate of drug-likeness (QED) is 0.201. The molecule has 0 atom stereocenters. The number of carbonyl (C=O) groups excluding carboxylic acids is 1. The number of hydrogen-bond acceptors (Lipinski definition) is 4. The molecule has 0 saturated heterocycles. The summed E-state index contributed by atoms with van der Waals surface area (Å²) in [5.41, 5.74) is -2.88. The van der Waals surface area contributed by atoms with Crippen LogP contribution in [0.25, 0.3) is 11.3 Å². The molecule has 0 fully saturated rings. The van der Waals surface area contributed by atoms with E-state index in [9.17, 15) is 31.1 Å². The van der Waals surface area contributed by atoms with E-state index in [1.165, 1.54) is 43.8 Å². The lowest BCUT2D eigenvalue weighted by Gasteiger charge is -2.31. The van der Waals surface area contributed by atoms with Gasteiger partial charge in [-0.15, -0.1) is 0 Å². The third-order valence-corrected chi connectivity index (χ3v) is 6.40. The smallest absolute Gasteiger partial charge is 0.311 e. The molecule has 3 aromatic rings. The molecule has 0 spiro atoms. The Morgan fingerprint density at radius 3 is 1.94 bits per heavy atom. The molecule has 3 rings (SSSR count). The second-order valence-corrected chi connectivity index (χ2v) is 9.46. The second kappa shape index (κ2) is 9.76. The van der Waals surface area contributed by atoms with Crippen LogP contribution < -0.4 is 4.90 Å². The van der Waals surface area contributed by atoms with Crippen LogP contribution in [0, 0.1) is 6.92 Å². The van der Waals surface area contributed by atoms with Crippen molar-refractivity contribution in [3.63, 3.8) is 0 Å². The minimum absolute atomic E-state index is 0.0407. The number of anilines is 1. The number of likely N-dealkylation sites (N-methyl/N-ethyl adjacent to an activating group) is 1. The molecule has 4 nitrogen and oxygen atoms in total. The fraction of sp³-hybridized carbons (Fsp3) is 0.320. The van der Waals surface area contributed by atoms with E-state index >= 15 is 0 Å². The Balaban J connectivity index is 2.14. The molecule has 0 saturated carbocycles. The molecule has 11 heteroatoms. The first-order valence-corrected chi connectivity index (χ1v) is 11.8. The molecular weight excluding hydrogens is 504 g/mol. The fourth-order valence-corrected chi connectivity index (χ4v) is 4.05. The number of nitrogens with zero attached hydrogens (tertiary/aromatic N) is 3. The Labute approximate surface area is 208 Å². The van der Waals surface area contributed by atoms with E-state index in [2.05, 4.69) is 9.97 Å². The minimum atomic E-state index is -5.03. The van der Waals surface area contributed by atoms with Crippen LogP contribution in [0.4, 0.5) is 32.0 Å². The van der Waals surface area contributed by atoms with Gasteiger partial charge in [0.2, 0.25) is 5.91 Å². The van der Waals surface area contributed by atoms with Crippen LogP contribution in [0.15, 0.2) is 53.8 Å². The zero-order valence-corrected chi connectivity index (χ0v) is 20.9. The second-order valence-electron chi connectivity index (χ2n) is 8.69. The lowest BCUT2D eigenvalue weighted by Crippen LogP contribution is -2.42. The molecule has 0 aliphatic carbocycles. The molecule has 192 valence electrons. The zero-order valence-electron chi connectivity index (χ0n) is 20.0. The van der Waals surface area contributed by atoms with E-state index < -0.39 is 40.4 Å². The topological polar surface area (TPSA) is 46.1 Å². The number of aromatic nitrogens is 2. The van der Waals surface area contributed by atoms with E-state index in [0.717, 1.165) is 5.56 Å². The number of thioether (sulfide) groups is 1. The van der Waals surface area contributed by atoms with Crippen LogP contribution in [0.1, 0.15) is 36.1 Å². The van der Waals surface area contributed by atoms with Crippen LogP contribution in [0.5, 0.6) is 0 Å². The van der Waals surface area contributed by atoms with E-state index in [0.29, 0.717) is 28.5 Å². The lowest BCUT2D eigenvalue weighted by atomic mass is 9.81. The van der Waals surface area contributed by atoms with Crippen LogP contribution >= 0.6 is 11.8 Å². The average molecular weight is 528 g/mol. The van der Waals surface area contributed by atoms with Crippen LogP contribution in [0.3, 0.4) is 0 Å². The van der Waals surface area contributed by atoms with Crippen molar-refractivity contribution >= 4 is 23.4 Å². The van der Waals surface area contributed by atoms with Gasteiger partial charge in [-0.25, -0.2) is 9.97 Å². The summed E-state index contributed by atoms with van der Waals surface area (Å²) in [4.78, 5) is 23.5. The molecule has 0 aliphatic rings. The summed E-state index contributed by atoms with van der Waals surface area (Å²) in [6.45, 7) is 4.42. The molecule has 0 radical (unpaired) electrons. The van der Waals surface area contributed by atoms with Crippen molar-refractivity contribution in [2.45, 2.75) is 43.7 Å². The Hall–Kier alpha value is -3.08. The van der Waals surface area contributed by atoms with Gasteiger partial charge in [-0.3, -0.25) is 4.79 Å². The Kier molecular flexibility index (Phi) is 7.46. The van der Waals surface area contributed by atoms with E-state index in [1.807, 2.05) is 19.1 Å². The summed E-state index contributed by atoms with van der Waals surface area (Å²) < 4.78 is 80.5. The standard InChI is InChI=1S/C25H23F6N3OS/c1-14-8-6-7-9-18(14)20-19(13-32-22(33-20)36-5)34(4)21(35)23(2,3)15-10-16(24(26,27)28)12-17(11-15)25(29,30)31/h6-13H,1-5H3. The van der Waals surface area contributed by atoms with Gasteiger partial charge in [-0.05, 0) is 56.4 Å². The highest BCUT2D eigenvalue weighted by Gasteiger charge is 2.41. The zero-order chi connectivity index (χ0) is 27.1. The van der Waals surface area contributed by atoms with Gasteiger partial charge in [0.1, 0.15) is 0 Å². The summed E-state index contributed by atoms with van der Waals surface area (Å²) in [6, 6.07) is 8.48. The lowest BCUT2D eigenvalue weighted by molar-refractivity contribution is -0.143. The number of alkyl halides is 6. The van der Waals surface area contributed by atoms with E-state index in [1.54, 1.807) is 18.4 Å². The number of hydrogen-bond donors (Lipinski definition) is 0. The predicted octanol–water partition coefficient (Wildman–Crippen LogP) is 7.15. The monoisotopic (exact) mass is 527 g/mol. The number of benzene rings is 2. The molecule has 1 amide bonds. The third-order valence-electron chi connectivity index (χ3n) is 5.84. The molecule has 0 N–H and O–H groups in total. The van der Waals surface area contributed by atoms with Crippen molar-refractivity contribution in [1.82, 2.24) is 9.97 Å².